The van der Waals surface area contributed by atoms with Gasteiger partial charge in [0, 0.05) is 30.1 Å². The van der Waals surface area contributed by atoms with Gasteiger partial charge in [0.1, 0.15) is 17.9 Å². The Kier molecular flexibility index (Phi) is 6.24. The second kappa shape index (κ2) is 9.86. The highest BCUT2D eigenvalue weighted by Gasteiger charge is 2.31. The van der Waals surface area contributed by atoms with Crippen LogP contribution in [0.3, 0.4) is 0 Å². The number of aryl methyl sites for hydroxylation is 1. The molecular weight excluding hydrogens is 482 g/mol. The first-order valence-corrected chi connectivity index (χ1v) is 13.1. The molecule has 2 fully saturated rings. The van der Waals surface area contributed by atoms with Crippen LogP contribution in [-0.4, -0.2) is 26.9 Å². The second-order valence-corrected chi connectivity index (χ2v) is 10.1. The van der Waals surface area contributed by atoms with Gasteiger partial charge in [-0.05, 0) is 74.8 Å². The molecule has 38 heavy (non-hydrogen) atoms. The van der Waals surface area contributed by atoms with Crippen LogP contribution in [0, 0.1) is 24.2 Å². The molecule has 2 aliphatic carbocycles. The fourth-order valence-corrected chi connectivity index (χ4v) is 5.04. The Morgan fingerprint density at radius 2 is 2.00 bits per heavy atom. The molecular formula is C29H29N5O4. The van der Waals surface area contributed by atoms with E-state index < -0.39 is 6.09 Å². The van der Waals surface area contributed by atoms with Crippen molar-refractivity contribution in [1.82, 2.24) is 14.7 Å². The first-order chi connectivity index (χ1) is 18.5. The molecule has 1 amide bonds. The minimum atomic E-state index is -0.443. The molecule has 194 valence electrons. The molecule has 0 bridgehead atoms. The summed E-state index contributed by atoms with van der Waals surface area (Å²) in [6.45, 7) is 3.87. The van der Waals surface area contributed by atoms with Crippen LogP contribution in [0.25, 0.3) is 22.2 Å². The summed E-state index contributed by atoms with van der Waals surface area (Å²) in [6, 6.07) is 16.1. The maximum Gasteiger partial charge on any atom is 0.411 e. The zero-order chi connectivity index (χ0) is 26.2. The zero-order valence-corrected chi connectivity index (χ0v) is 21.4. The number of carbonyl (C=O) groups is 1. The lowest BCUT2D eigenvalue weighted by Crippen LogP contribution is -2.21. The highest BCUT2D eigenvalue weighted by Crippen LogP contribution is 2.43. The average molecular weight is 512 g/mol. The van der Waals surface area contributed by atoms with Crippen molar-refractivity contribution in [3.05, 3.63) is 59.7 Å². The number of hydrogen-bond acceptors (Lipinski definition) is 7. The number of hydrogen-bond donors (Lipinski definition) is 1. The van der Waals surface area contributed by atoms with Gasteiger partial charge in [0.2, 0.25) is 11.7 Å². The zero-order valence-electron chi connectivity index (χ0n) is 21.4. The lowest BCUT2D eigenvalue weighted by Gasteiger charge is -2.30. The maximum atomic E-state index is 12.3. The number of aromatic nitrogens is 3. The Morgan fingerprint density at radius 3 is 2.63 bits per heavy atom. The van der Waals surface area contributed by atoms with Gasteiger partial charge in [-0.15, -0.1) is 0 Å². The van der Waals surface area contributed by atoms with Gasteiger partial charge in [-0.3, -0.25) is 5.32 Å². The number of benzene rings is 2. The summed E-state index contributed by atoms with van der Waals surface area (Å²) in [4.78, 5) is 16.5. The number of nitrogens with zero attached hydrogens (tertiary/aromatic N) is 4. The quantitative estimate of drug-likeness (QED) is 0.286. The second-order valence-electron chi connectivity index (χ2n) is 10.1. The average Bonchev–Trinajstić information content (AvgIpc) is 3.59. The summed E-state index contributed by atoms with van der Waals surface area (Å²) in [7, 11) is 0. The molecule has 0 aliphatic heterocycles. The van der Waals surface area contributed by atoms with Crippen molar-refractivity contribution in [1.29, 1.82) is 5.26 Å². The number of rotatable bonds is 8. The lowest BCUT2D eigenvalue weighted by molar-refractivity contribution is 0.108. The SMILES string of the molecule is Cc1nc(COc2ccc3c(C#N)c(-c4ccc(NC(=O)OC(C)C5CC5)cc4)n(C4CCC4)c3c2)no1. The van der Waals surface area contributed by atoms with Crippen molar-refractivity contribution >= 4 is 22.7 Å². The van der Waals surface area contributed by atoms with Crippen molar-refractivity contribution < 1.29 is 18.8 Å². The highest BCUT2D eigenvalue weighted by atomic mass is 16.6. The van der Waals surface area contributed by atoms with Crippen molar-refractivity contribution in [2.24, 2.45) is 5.92 Å². The van der Waals surface area contributed by atoms with E-state index in [-0.39, 0.29) is 12.7 Å². The van der Waals surface area contributed by atoms with Gasteiger partial charge in [-0.25, -0.2) is 4.79 Å². The Balaban J connectivity index is 1.30. The van der Waals surface area contributed by atoms with Crippen LogP contribution >= 0.6 is 0 Å². The monoisotopic (exact) mass is 511 g/mol. The molecule has 2 aliphatic rings. The van der Waals surface area contributed by atoms with Crippen LogP contribution < -0.4 is 10.1 Å². The fourth-order valence-electron chi connectivity index (χ4n) is 5.04. The highest BCUT2D eigenvalue weighted by molar-refractivity contribution is 5.96. The molecule has 1 unspecified atom stereocenters. The van der Waals surface area contributed by atoms with Gasteiger partial charge in [0.15, 0.2) is 6.61 Å². The molecule has 2 aromatic carbocycles. The van der Waals surface area contributed by atoms with E-state index in [9.17, 15) is 10.1 Å². The normalized spacial score (nSPS) is 16.0. The Bertz CT molecular complexity index is 1520. The third-order valence-corrected chi connectivity index (χ3v) is 7.45. The number of nitriles is 1. The van der Waals surface area contributed by atoms with Gasteiger partial charge in [0.25, 0.3) is 0 Å². The maximum absolute atomic E-state index is 12.3. The van der Waals surface area contributed by atoms with E-state index in [4.69, 9.17) is 14.0 Å². The predicted molar refractivity (Wildman–Crippen MR) is 141 cm³/mol. The molecule has 2 aromatic heterocycles. The van der Waals surface area contributed by atoms with E-state index in [2.05, 4.69) is 26.1 Å². The van der Waals surface area contributed by atoms with E-state index in [1.54, 1.807) is 6.92 Å². The molecule has 2 heterocycles. The van der Waals surface area contributed by atoms with Crippen molar-refractivity contribution in [3.8, 4) is 23.1 Å². The van der Waals surface area contributed by atoms with Gasteiger partial charge in [-0.2, -0.15) is 10.2 Å². The van der Waals surface area contributed by atoms with Crippen LogP contribution in [0.1, 0.15) is 62.3 Å². The summed E-state index contributed by atoms with van der Waals surface area (Å²) in [5.74, 6) is 2.13. The number of nitrogens with one attached hydrogen (secondary N) is 1. The van der Waals surface area contributed by atoms with E-state index in [1.165, 1.54) is 0 Å². The summed E-state index contributed by atoms with van der Waals surface area (Å²) < 4.78 is 18.7. The number of amides is 1. The summed E-state index contributed by atoms with van der Waals surface area (Å²) >= 11 is 0. The van der Waals surface area contributed by atoms with E-state index in [0.717, 1.165) is 54.3 Å². The van der Waals surface area contributed by atoms with Gasteiger partial charge < -0.3 is 18.6 Å². The molecule has 6 rings (SSSR count). The van der Waals surface area contributed by atoms with Gasteiger partial charge in [-0.1, -0.05) is 17.3 Å². The molecule has 0 saturated heterocycles. The fraction of sp³-hybridized carbons (Fsp3) is 0.379. The number of fused-ring (bicyclic) bond motifs is 1. The molecule has 2 saturated carbocycles. The molecule has 4 aromatic rings. The topological polar surface area (TPSA) is 115 Å². The number of carbonyl (C=O) groups excluding carboxylic acids is 1. The first-order valence-electron chi connectivity index (χ1n) is 13.1. The summed E-state index contributed by atoms with van der Waals surface area (Å²) in [5, 5.41) is 17.8. The number of ether oxygens (including phenoxy) is 2. The molecule has 0 spiro atoms. The van der Waals surface area contributed by atoms with Crippen molar-refractivity contribution in [2.45, 2.75) is 64.7 Å². The third kappa shape index (κ3) is 4.70. The van der Waals surface area contributed by atoms with E-state index in [0.29, 0.717) is 40.7 Å². The van der Waals surface area contributed by atoms with Crippen LogP contribution in [0.2, 0.25) is 0 Å². The molecule has 9 nitrogen and oxygen atoms in total. The van der Waals surface area contributed by atoms with Gasteiger partial charge in [0.05, 0.1) is 16.8 Å². The molecule has 1 N–H and O–H groups in total. The predicted octanol–water partition coefficient (Wildman–Crippen LogP) is 6.52. The van der Waals surface area contributed by atoms with E-state index >= 15 is 0 Å². The molecule has 9 heteroatoms. The van der Waals surface area contributed by atoms with Gasteiger partial charge >= 0.3 is 6.09 Å². The number of anilines is 1. The molecule has 0 radical (unpaired) electrons. The van der Waals surface area contributed by atoms with Crippen molar-refractivity contribution in [2.75, 3.05) is 5.32 Å². The summed E-state index contributed by atoms with van der Waals surface area (Å²) in [5.41, 5.74) is 4.04. The largest absolute Gasteiger partial charge is 0.485 e. The minimum absolute atomic E-state index is 0.0733. The standard InChI is InChI=1S/C29H29N5O4/c1-17(19-6-7-19)37-29(35)32-21-10-8-20(9-11-21)28-25(15-30)24-13-12-23(36-16-27-31-18(2)38-33-27)14-26(24)34(28)22-4-3-5-22/h8-14,17,19,22H,3-7,16H2,1-2H3,(H,32,35). The Morgan fingerprint density at radius 1 is 1.21 bits per heavy atom. The van der Waals surface area contributed by atoms with Crippen LogP contribution in [0.5, 0.6) is 5.75 Å². The molecule has 1 atom stereocenters. The van der Waals surface area contributed by atoms with Crippen LogP contribution in [-0.2, 0) is 11.3 Å². The van der Waals surface area contributed by atoms with Crippen LogP contribution in [0.4, 0.5) is 10.5 Å². The lowest BCUT2D eigenvalue weighted by atomic mass is 9.92. The minimum Gasteiger partial charge on any atom is -0.485 e. The summed E-state index contributed by atoms with van der Waals surface area (Å²) in [6.07, 6.45) is 4.98. The Hall–Kier alpha value is -4.32. The smallest absolute Gasteiger partial charge is 0.411 e. The Labute approximate surface area is 220 Å². The third-order valence-electron chi connectivity index (χ3n) is 7.45. The van der Waals surface area contributed by atoms with E-state index in [1.807, 2.05) is 49.4 Å². The van der Waals surface area contributed by atoms with Crippen molar-refractivity contribution in [3.63, 3.8) is 0 Å². The first kappa shape index (κ1) is 24.0. The van der Waals surface area contributed by atoms with Crippen LogP contribution in [0.15, 0.2) is 47.0 Å².